The molecule has 114 valence electrons. The van der Waals surface area contributed by atoms with Crippen molar-refractivity contribution in [3.05, 3.63) is 11.9 Å². The third kappa shape index (κ3) is 5.33. The van der Waals surface area contributed by atoms with E-state index < -0.39 is 0 Å². The van der Waals surface area contributed by atoms with Crippen LogP contribution in [-0.2, 0) is 6.42 Å². The Morgan fingerprint density at radius 3 is 2.35 bits per heavy atom. The van der Waals surface area contributed by atoms with Gasteiger partial charge in [0.05, 0.1) is 0 Å². The second-order valence-corrected chi connectivity index (χ2v) is 5.32. The summed E-state index contributed by atoms with van der Waals surface area (Å²) in [5.41, 5.74) is 0. The fourth-order valence-electron chi connectivity index (χ4n) is 2.04. The number of nitrogens with one attached hydrogen (secondary N) is 1. The zero-order valence-electron chi connectivity index (χ0n) is 13.6. The summed E-state index contributed by atoms with van der Waals surface area (Å²) >= 11 is 0. The molecule has 1 aromatic heterocycles. The van der Waals surface area contributed by atoms with Gasteiger partial charge in [0, 0.05) is 39.2 Å². The maximum absolute atomic E-state index is 4.72. The van der Waals surface area contributed by atoms with E-state index in [-0.39, 0.29) is 0 Å². The number of aryl methyl sites for hydroxylation is 1. The molecule has 1 aromatic rings. The van der Waals surface area contributed by atoms with Crippen LogP contribution in [0, 0.1) is 0 Å². The first-order chi connectivity index (χ1) is 9.60. The van der Waals surface area contributed by atoms with Gasteiger partial charge in [-0.2, -0.15) is 0 Å². The monoisotopic (exact) mass is 279 g/mol. The number of nitrogens with zero attached hydrogens (tertiary/aromatic N) is 4. The van der Waals surface area contributed by atoms with Crippen molar-refractivity contribution in [2.75, 3.05) is 51.0 Å². The van der Waals surface area contributed by atoms with Crippen molar-refractivity contribution in [3.8, 4) is 0 Å². The molecule has 0 bridgehead atoms. The van der Waals surface area contributed by atoms with Crippen molar-refractivity contribution < 1.29 is 0 Å². The van der Waals surface area contributed by atoms with E-state index >= 15 is 0 Å². The lowest BCUT2D eigenvalue weighted by molar-refractivity contribution is 0.412. The van der Waals surface area contributed by atoms with Crippen LogP contribution in [0.4, 0.5) is 11.6 Å². The maximum atomic E-state index is 4.72. The molecule has 0 amide bonds. The third-order valence-electron chi connectivity index (χ3n) is 3.12. The molecule has 0 saturated heterocycles. The second kappa shape index (κ2) is 8.74. The fraction of sp³-hybridized carbons (Fsp3) is 0.733. The van der Waals surface area contributed by atoms with Crippen molar-refractivity contribution in [1.82, 2.24) is 14.9 Å². The van der Waals surface area contributed by atoms with E-state index in [4.69, 9.17) is 4.98 Å². The van der Waals surface area contributed by atoms with Crippen molar-refractivity contribution in [2.45, 2.75) is 33.1 Å². The molecule has 0 aromatic carbocycles. The Bertz CT molecular complexity index is 392. The van der Waals surface area contributed by atoms with Crippen LogP contribution in [0.2, 0.25) is 0 Å². The highest BCUT2D eigenvalue weighted by Gasteiger charge is 2.11. The minimum atomic E-state index is 0.907. The number of anilines is 2. The molecule has 0 aliphatic rings. The molecule has 0 unspecified atom stereocenters. The van der Waals surface area contributed by atoms with Crippen molar-refractivity contribution in [3.63, 3.8) is 0 Å². The van der Waals surface area contributed by atoms with Gasteiger partial charge in [0.15, 0.2) is 0 Å². The standard InChI is InChI=1S/C15H29N5/c1-6-8-13-17-14(16-3)12-15(18-13)20(9-7-2)11-10-19(4)5/h12H,6-11H2,1-5H3,(H,16,17,18). The molecule has 0 radical (unpaired) electrons. The number of hydrogen-bond donors (Lipinski definition) is 1. The molecule has 0 aliphatic carbocycles. The van der Waals surface area contributed by atoms with Gasteiger partial charge in [0.1, 0.15) is 17.5 Å². The van der Waals surface area contributed by atoms with E-state index in [0.29, 0.717) is 0 Å². The predicted octanol–water partition coefficient (Wildman–Crippen LogP) is 2.25. The van der Waals surface area contributed by atoms with Crippen LogP contribution in [0.25, 0.3) is 0 Å². The molecule has 0 spiro atoms. The molecular formula is C15H29N5. The highest BCUT2D eigenvalue weighted by molar-refractivity contribution is 5.49. The Labute approximate surface area is 123 Å². The average molecular weight is 279 g/mol. The number of aromatic nitrogens is 2. The van der Waals surface area contributed by atoms with Gasteiger partial charge < -0.3 is 15.1 Å². The number of hydrogen-bond acceptors (Lipinski definition) is 5. The zero-order chi connectivity index (χ0) is 15.0. The van der Waals surface area contributed by atoms with E-state index in [0.717, 1.165) is 56.4 Å². The number of likely N-dealkylation sites (N-methyl/N-ethyl adjacent to an activating group) is 1. The van der Waals surface area contributed by atoms with Crippen LogP contribution in [0.3, 0.4) is 0 Å². The van der Waals surface area contributed by atoms with Crippen molar-refractivity contribution >= 4 is 11.6 Å². The molecule has 0 aliphatic heterocycles. The first-order valence-corrected chi connectivity index (χ1v) is 7.56. The van der Waals surface area contributed by atoms with E-state index in [1.54, 1.807) is 0 Å². The smallest absolute Gasteiger partial charge is 0.134 e. The second-order valence-electron chi connectivity index (χ2n) is 5.32. The summed E-state index contributed by atoms with van der Waals surface area (Å²) in [6, 6.07) is 2.05. The molecule has 5 heteroatoms. The van der Waals surface area contributed by atoms with Gasteiger partial charge in [-0.25, -0.2) is 9.97 Å². The molecular weight excluding hydrogens is 250 g/mol. The summed E-state index contributed by atoms with van der Waals surface area (Å²) in [4.78, 5) is 13.8. The van der Waals surface area contributed by atoms with Crippen molar-refractivity contribution in [1.29, 1.82) is 0 Å². The Balaban J connectivity index is 2.94. The highest BCUT2D eigenvalue weighted by Crippen LogP contribution is 2.17. The highest BCUT2D eigenvalue weighted by atomic mass is 15.2. The predicted molar refractivity (Wildman–Crippen MR) is 86.6 cm³/mol. The van der Waals surface area contributed by atoms with Crippen LogP contribution in [0.1, 0.15) is 32.5 Å². The molecule has 1 rings (SSSR count). The van der Waals surface area contributed by atoms with Crippen LogP contribution in [0.15, 0.2) is 6.07 Å². The van der Waals surface area contributed by atoms with E-state index in [9.17, 15) is 0 Å². The summed E-state index contributed by atoms with van der Waals surface area (Å²) in [5, 5.41) is 3.14. The molecule has 20 heavy (non-hydrogen) atoms. The SMILES string of the molecule is CCCc1nc(NC)cc(N(CCC)CCN(C)C)n1. The molecule has 0 saturated carbocycles. The Morgan fingerprint density at radius 2 is 1.80 bits per heavy atom. The minimum absolute atomic E-state index is 0.907. The lowest BCUT2D eigenvalue weighted by Crippen LogP contribution is -2.33. The Morgan fingerprint density at radius 1 is 1.05 bits per heavy atom. The summed E-state index contributed by atoms with van der Waals surface area (Å²) < 4.78 is 0. The van der Waals surface area contributed by atoms with Gasteiger partial charge in [-0.1, -0.05) is 13.8 Å². The van der Waals surface area contributed by atoms with Gasteiger partial charge in [-0.3, -0.25) is 0 Å². The van der Waals surface area contributed by atoms with Gasteiger partial charge >= 0.3 is 0 Å². The van der Waals surface area contributed by atoms with Gasteiger partial charge in [-0.05, 0) is 26.9 Å². The molecule has 0 atom stereocenters. The molecule has 1 heterocycles. The van der Waals surface area contributed by atoms with Gasteiger partial charge in [0.2, 0.25) is 0 Å². The fourth-order valence-corrected chi connectivity index (χ4v) is 2.04. The van der Waals surface area contributed by atoms with Crippen LogP contribution in [0.5, 0.6) is 0 Å². The minimum Gasteiger partial charge on any atom is -0.373 e. The lowest BCUT2D eigenvalue weighted by Gasteiger charge is -2.25. The van der Waals surface area contributed by atoms with E-state index in [1.165, 1.54) is 0 Å². The Kier molecular flexibility index (Phi) is 7.30. The summed E-state index contributed by atoms with van der Waals surface area (Å²) in [6.07, 6.45) is 3.11. The summed E-state index contributed by atoms with van der Waals surface area (Å²) in [5.74, 6) is 2.88. The largest absolute Gasteiger partial charge is 0.373 e. The van der Waals surface area contributed by atoms with Gasteiger partial charge in [-0.15, -0.1) is 0 Å². The topological polar surface area (TPSA) is 44.3 Å². The Hall–Kier alpha value is -1.36. The normalized spacial score (nSPS) is 10.9. The molecule has 0 fully saturated rings. The molecule has 1 N–H and O–H groups in total. The van der Waals surface area contributed by atoms with Crippen LogP contribution in [-0.4, -0.2) is 55.6 Å². The van der Waals surface area contributed by atoms with Crippen LogP contribution >= 0.6 is 0 Å². The first-order valence-electron chi connectivity index (χ1n) is 7.56. The van der Waals surface area contributed by atoms with E-state index in [1.807, 2.05) is 13.1 Å². The van der Waals surface area contributed by atoms with Crippen LogP contribution < -0.4 is 10.2 Å². The average Bonchev–Trinajstić information content (AvgIpc) is 2.43. The summed E-state index contributed by atoms with van der Waals surface area (Å²) in [6.45, 7) is 7.41. The zero-order valence-corrected chi connectivity index (χ0v) is 13.6. The lowest BCUT2D eigenvalue weighted by atomic mass is 10.3. The van der Waals surface area contributed by atoms with E-state index in [2.05, 4.69) is 48.0 Å². The van der Waals surface area contributed by atoms with Crippen molar-refractivity contribution in [2.24, 2.45) is 0 Å². The first kappa shape index (κ1) is 16.7. The third-order valence-corrected chi connectivity index (χ3v) is 3.12. The van der Waals surface area contributed by atoms with Gasteiger partial charge in [0.25, 0.3) is 0 Å². The summed E-state index contributed by atoms with van der Waals surface area (Å²) in [7, 11) is 6.11. The molecule has 5 nitrogen and oxygen atoms in total. The maximum Gasteiger partial charge on any atom is 0.134 e. The quantitative estimate of drug-likeness (QED) is 0.751. The number of rotatable bonds is 9.